The first kappa shape index (κ1) is 24.4. The number of hydrogen-bond donors (Lipinski definition) is 2. The van der Waals surface area contributed by atoms with E-state index >= 15 is 0 Å². The van der Waals surface area contributed by atoms with Gasteiger partial charge in [0, 0.05) is 36.5 Å². The number of hydroxylamine groups is 1. The number of benzene rings is 1. The Morgan fingerprint density at radius 1 is 1.20 bits per heavy atom. The van der Waals surface area contributed by atoms with E-state index in [0.717, 1.165) is 16.8 Å². The molecule has 1 aliphatic heterocycles. The molecule has 2 N–H and O–H groups in total. The van der Waals surface area contributed by atoms with E-state index in [4.69, 9.17) is 9.36 Å². The van der Waals surface area contributed by atoms with Crippen LogP contribution in [0, 0.1) is 19.8 Å². The highest BCUT2D eigenvalue weighted by Gasteiger charge is 2.43. The molecule has 35 heavy (non-hydrogen) atoms. The number of rotatable bonds is 7. The second-order valence-corrected chi connectivity index (χ2v) is 9.22. The van der Waals surface area contributed by atoms with Crippen molar-refractivity contribution in [2.24, 2.45) is 5.92 Å². The summed E-state index contributed by atoms with van der Waals surface area (Å²) in [5, 5.41) is 14.1. The number of likely N-dealkylation sites (tertiary alicyclic amines) is 1. The van der Waals surface area contributed by atoms with Gasteiger partial charge in [-0.25, -0.2) is 0 Å². The molecular weight excluding hydrogens is 448 g/mol. The fraction of sp³-hybridized carbons (Fsp3) is 0.385. The SMILES string of the molecule is Cc1cc(C(C(=O)N2CC(O)CC2C(=O)NOc2ccc(-c3cccnc3C)cc2)C(C)C)on1. The highest BCUT2D eigenvalue weighted by molar-refractivity contribution is 5.91. The second kappa shape index (κ2) is 10.3. The van der Waals surface area contributed by atoms with Crippen molar-refractivity contribution in [3.05, 3.63) is 65.8 Å². The van der Waals surface area contributed by atoms with Crippen molar-refractivity contribution in [1.82, 2.24) is 20.5 Å². The molecule has 3 aromatic rings. The smallest absolute Gasteiger partial charge is 0.275 e. The molecule has 9 heteroatoms. The maximum absolute atomic E-state index is 13.4. The number of pyridine rings is 1. The van der Waals surface area contributed by atoms with Crippen molar-refractivity contribution < 1.29 is 24.1 Å². The molecular formula is C26H30N4O5. The third-order valence-electron chi connectivity index (χ3n) is 6.19. The lowest BCUT2D eigenvalue weighted by Crippen LogP contribution is -2.48. The van der Waals surface area contributed by atoms with Crippen LogP contribution in [0.3, 0.4) is 0 Å². The zero-order chi connectivity index (χ0) is 25.1. The predicted molar refractivity (Wildman–Crippen MR) is 128 cm³/mol. The molecule has 3 unspecified atom stereocenters. The number of nitrogens with zero attached hydrogens (tertiary/aromatic N) is 3. The van der Waals surface area contributed by atoms with Crippen LogP contribution in [0.4, 0.5) is 0 Å². The minimum Gasteiger partial charge on any atom is -0.391 e. The van der Waals surface area contributed by atoms with Crippen LogP contribution in [0.25, 0.3) is 11.1 Å². The average molecular weight is 479 g/mol. The van der Waals surface area contributed by atoms with Crippen LogP contribution < -0.4 is 10.3 Å². The summed E-state index contributed by atoms with van der Waals surface area (Å²) in [5.74, 6) is -0.599. The van der Waals surface area contributed by atoms with Gasteiger partial charge in [0.1, 0.15) is 17.7 Å². The van der Waals surface area contributed by atoms with Gasteiger partial charge in [-0.1, -0.05) is 37.2 Å². The Kier molecular flexibility index (Phi) is 7.16. The summed E-state index contributed by atoms with van der Waals surface area (Å²) in [6.45, 7) is 7.60. The Morgan fingerprint density at radius 3 is 2.57 bits per heavy atom. The van der Waals surface area contributed by atoms with Crippen molar-refractivity contribution in [3.8, 4) is 16.9 Å². The van der Waals surface area contributed by atoms with Gasteiger partial charge in [-0.05, 0) is 43.5 Å². The maximum atomic E-state index is 13.4. The lowest BCUT2D eigenvalue weighted by molar-refractivity contribution is -0.143. The summed E-state index contributed by atoms with van der Waals surface area (Å²) in [7, 11) is 0. The molecule has 1 aromatic carbocycles. The molecule has 1 fully saturated rings. The van der Waals surface area contributed by atoms with E-state index in [1.165, 1.54) is 4.90 Å². The first-order valence-corrected chi connectivity index (χ1v) is 11.6. The van der Waals surface area contributed by atoms with Gasteiger partial charge in [0.2, 0.25) is 5.91 Å². The minimum absolute atomic E-state index is 0.0619. The molecule has 2 aromatic heterocycles. The van der Waals surface area contributed by atoms with Gasteiger partial charge < -0.3 is 19.4 Å². The van der Waals surface area contributed by atoms with Gasteiger partial charge in [-0.2, -0.15) is 5.48 Å². The van der Waals surface area contributed by atoms with Crippen molar-refractivity contribution in [2.45, 2.75) is 52.2 Å². The molecule has 0 saturated carbocycles. The van der Waals surface area contributed by atoms with E-state index in [9.17, 15) is 14.7 Å². The van der Waals surface area contributed by atoms with Crippen LogP contribution in [0.1, 0.15) is 43.3 Å². The third kappa shape index (κ3) is 5.35. The second-order valence-electron chi connectivity index (χ2n) is 9.22. The quantitative estimate of drug-likeness (QED) is 0.501. The van der Waals surface area contributed by atoms with Crippen LogP contribution in [-0.4, -0.2) is 50.7 Å². The Hall–Kier alpha value is -3.72. The number of aryl methyl sites for hydroxylation is 2. The van der Waals surface area contributed by atoms with Crippen LogP contribution >= 0.6 is 0 Å². The monoisotopic (exact) mass is 478 g/mol. The standard InChI is InChI=1S/C26H30N4O5/c1-15(2)24(23-12-16(3)28-35-23)26(33)30-14-19(31)13-22(30)25(32)29-34-20-9-7-18(8-10-20)21-6-5-11-27-17(21)4/h5-12,15,19,22,24,31H,13-14H2,1-4H3,(H,29,32). The molecule has 0 radical (unpaired) electrons. The molecule has 1 saturated heterocycles. The first-order valence-electron chi connectivity index (χ1n) is 11.6. The van der Waals surface area contributed by atoms with Crippen molar-refractivity contribution >= 4 is 11.8 Å². The molecule has 0 spiro atoms. The Morgan fingerprint density at radius 2 is 1.94 bits per heavy atom. The van der Waals surface area contributed by atoms with Gasteiger partial charge in [-0.3, -0.25) is 14.6 Å². The maximum Gasteiger partial charge on any atom is 0.275 e. The van der Waals surface area contributed by atoms with Crippen LogP contribution in [0.2, 0.25) is 0 Å². The number of aliphatic hydroxyl groups is 1. The normalized spacial score (nSPS) is 18.5. The molecule has 184 valence electrons. The van der Waals surface area contributed by atoms with E-state index in [0.29, 0.717) is 17.2 Å². The van der Waals surface area contributed by atoms with Gasteiger partial charge in [0.25, 0.3) is 5.91 Å². The third-order valence-corrected chi connectivity index (χ3v) is 6.19. The van der Waals surface area contributed by atoms with E-state index in [2.05, 4.69) is 15.6 Å². The van der Waals surface area contributed by atoms with Crippen molar-refractivity contribution in [3.63, 3.8) is 0 Å². The zero-order valence-electron chi connectivity index (χ0n) is 20.3. The van der Waals surface area contributed by atoms with Gasteiger partial charge in [0.15, 0.2) is 5.75 Å². The van der Waals surface area contributed by atoms with Crippen molar-refractivity contribution in [1.29, 1.82) is 0 Å². The van der Waals surface area contributed by atoms with E-state index in [1.807, 2.05) is 45.0 Å². The number of β-amino-alcohol motifs (C(OH)–C–C–N with tert-alkyl or cyclic N) is 1. The molecule has 1 aliphatic rings. The highest BCUT2D eigenvalue weighted by Crippen LogP contribution is 2.31. The summed E-state index contributed by atoms with van der Waals surface area (Å²) in [4.78, 5) is 37.6. The predicted octanol–water partition coefficient (Wildman–Crippen LogP) is 3.17. The number of amides is 2. The molecule has 9 nitrogen and oxygen atoms in total. The van der Waals surface area contributed by atoms with Crippen LogP contribution in [-0.2, 0) is 9.59 Å². The number of carbonyl (C=O) groups is 2. The van der Waals surface area contributed by atoms with Gasteiger partial charge >= 0.3 is 0 Å². The zero-order valence-corrected chi connectivity index (χ0v) is 20.3. The summed E-state index contributed by atoms with van der Waals surface area (Å²) in [6, 6.07) is 12.0. The van der Waals surface area contributed by atoms with Crippen LogP contribution in [0.15, 0.2) is 53.2 Å². The van der Waals surface area contributed by atoms with Gasteiger partial charge in [0.05, 0.1) is 11.8 Å². The Balaban J connectivity index is 1.43. The Labute approximate surface area is 204 Å². The average Bonchev–Trinajstić information content (AvgIpc) is 3.43. The summed E-state index contributed by atoms with van der Waals surface area (Å²) in [5.41, 5.74) is 6.02. The molecule has 2 amide bonds. The number of carbonyl (C=O) groups excluding carboxylic acids is 2. The molecule has 3 atom stereocenters. The number of aliphatic hydroxyl groups excluding tert-OH is 1. The largest absolute Gasteiger partial charge is 0.391 e. The van der Waals surface area contributed by atoms with Crippen LogP contribution in [0.5, 0.6) is 5.75 Å². The fourth-order valence-electron chi connectivity index (χ4n) is 4.42. The van der Waals surface area contributed by atoms with Crippen molar-refractivity contribution in [2.75, 3.05) is 6.54 Å². The Bertz CT molecular complexity index is 1190. The molecule has 0 bridgehead atoms. The number of aromatic nitrogens is 2. The lowest BCUT2D eigenvalue weighted by Gasteiger charge is -2.28. The highest BCUT2D eigenvalue weighted by atomic mass is 16.7. The summed E-state index contributed by atoms with van der Waals surface area (Å²) < 4.78 is 5.36. The lowest BCUT2D eigenvalue weighted by atomic mass is 9.91. The molecule has 3 heterocycles. The topological polar surface area (TPSA) is 118 Å². The summed E-state index contributed by atoms with van der Waals surface area (Å²) >= 11 is 0. The number of hydrogen-bond acceptors (Lipinski definition) is 7. The summed E-state index contributed by atoms with van der Waals surface area (Å²) in [6.07, 6.45) is 1.07. The first-order chi connectivity index (χ1) is 16.7. The van der Waals surface area contributed by atoms with Gasteiger partial charge in [-0.15, -0.1) is 0 Å². The number of nitrogens with one attached hydrogen (secondary N) is 1. The van der Waals surface area contributed by atoms with E-state index < -0.39 is 24.0 Å². The minimum atomic E-state index is -0.861. The van der Waals surface area contributed by atoms with E-state index in [1.54, 1.807) is 31.3 Å². The molecule has 0 aliphatic carbocycles. The van der Waals surface area contributed by atoms with E-state index in [-0.39, 0.29) is 24.8 Å². The molecule has 4 rings (SSSR count). The fourth-order valence-corrected chi connectivity index (χ4v) is 4.42.